The van der Waals surface area contributed by atoms with E-state index in [0.29, 0.717) is 10.7 Å². The third kappa shape index (κ3) is 3.41. The highest BCUT2D eigenvalue weighted by molar-refractivity contribution is 7.10. The number of aliphatic hydroxyl groups excluding tert-OH is 1. The summed E-state index contributed by atoms with van der Waals surface area (Å²) >= 11 is 13.4. The van der Waals surface area contributed by atoms with Crippen LogP contribution in [0.1, 0.15) is 22.0 Å². The fourth-order valence-corrected chi connectivity index (χ4v) is 4.73. The van der Waals surface area contributed by atoms with Gasteiger partial charge in [-0.15, -0.1) is 11.3 Å². The minimum absolute atomic E-state index is 0.0618. The highest BCUT2D eigenvalue weighted by Gasteiger charge is 2.47. The quantitative estimate of drug-likeness (QED) is 0.290. The van der Waals surface area contributed by atoms with Crippen LogP contribution in [-0.4, -0.2) is 16.8 Å². The molecular weight excluding hydrogens is 448 g/mol. The number of ketones is 1. The summed E-state index contributed by atoms with van der Waals surface area (Å²) in [5.74, 6) is -2.45. The number of carbonyl (C=O) groups is 2. The van der Waals surface area contributed by atoms with E-state index in [1.165, 1.54) is 58.7 Å². The van der Waals surface area contributed by atoms with Gasteiger partial charge >= 0.3 is 0 Å². The number of rotatable bonds is 3. The molecule has 1 aliphatic heterocycles. The lowest BCUT2D eigenvalue weighted by Crippen LogP contribution is -2.29. The van der Waals surface area contributed by atoms with E-state index in [0.717, 1.165) is 10.4 Å². The second-order valence-corrected chi connectivity index (χ2v) is 8.50. The van der Waals surface area contributed by atoms with Gasteiger partial charge in [0.2, 0.25) is 0 Å². The molecule has 1 saturated heterocycles. The molecule has 2 aromatic carbocycles. The lowest BCUT2D eigenvalue weighted by atomic mass is 9.98. The Morgan fingerprint density at radius 1 is 1.07 bits per heavy atom. The number of hydrogen-bond acceptors (Lipinski definition) is 4. The molecule has 0 aliphatic carbocycles. The first kappa shape index (κ1) is 20.6. The Labute approximate surface area is 185 Å². The van der Waals surface area contributed by atoms with Crippen molar-refractivity contribution in [3.63, 3.8) is 0 Å². The van der Waals surface area contributed by atoms with Crippen LogP contribution in [0.4, 0.5) is 10.1 Å². The second kappa shape index (κ2) is 7.87. The Balaban J connectivity index is 1.95. The van der Waals surface area contributed by atoms with Gasteiger partial charge in [0.05, 0.1) is 15.6 Å². The van der Waals surface area contributed by atoms with Crippen LogP contribution in [0, 0.1) is 12.7 Å². The summed E-state index contributed by atoms with van der Waals surface area (Å²) in [5.41, 5.74) is 1.41. The van der Waals surface area contributed by atoms with Crippen molar-refractivity contribution in [2.24, 2.45) is 0 Å². The number of thiophene rings is 1. The van der Waals surface area contributed by atoms with Gasteiger partial charge in [0.1, 0.15) is 17.6 Å². The Morgan fingerprint density at radius 2 is 1.77 bits per heavy atom. The number of anilines is 1. The molecule has 0 bridgehead atoms. The van der Waals surface area contributed by atoms with Crippen molar-refractivity contribution in [2.45, 2.75) is 13.0 Å². The monoisotopic (exact) mass is 461 g/mol. The summed E-state index contributed by atoms with van der Waals surface area (Å²) in [6.45, 7) is 1.86. The molecular formula is C22H14Cl2FNO3S. The summed E-state index contributed by atoms with van der Waals surface area (Å²) in [5, 5.41) is 13.4. The number of amides is 1. The van der Waals surface area contributed by atoms with E-state index in [2.05, 4.69) is 0 Å². The molecule has 4 nitrogen and oxygen atoms in total. The number of nitrogens with zero attached hydrogens (tertiary/aromatic N) is 1. The normalized spacial score (nSPS) is 18.3. The summed E-state index contributed by atoms with van der Waals surface area (Å²) < 4.78 is 13.4. The third-order valence-corrected chi connectivity index (χ3v) is 6.70. The molecule has 1 N–H and O–H groups in total. The van der Waals surface area contributed by atoms with E-state index in [1.54, 1.807) is 0 Å². The summed E-state index contributed by atoms with van der Waals surface area (Å²) in [6.07, 6.45) is 0. The van der Waals surface area contributed by atoms with Crippen LogP contribution in [0.2, 0.25) is 10.0 Å². The van der Waals surface area contributed by atoms with Gasteiger partial charge < -0.3 is 5.11 Å². The fourth-order valence-electron chi connectivity index (χ4n) is 3.41. The third-order valence-electron chi connectivity index (χ3n) is 4.89. The molecule has 1 aliphatic rings. The summed E-state index contributed by atoms with van der Waals surface area (Å²) in [6, 6.07) is 10.7. The van der Waals surface area contributed by atoms with Gasteiger partial charge in [-0.1, -0.05) is 23.2 Å². The molecule has 0 spiro atoms. The maximum atomic E-state index is 13.4. The fraction of sp³-hybridized carbons (Fsp3) is 0.0909. The van der Waals surface area contributed by atoms with Crippen molar-refractivity contribution < 1.29 is 19.1 Å². The van der Waals surface area contributed by atoms with E-state index in [4.69, 9.17) is 23.2 Å². The number of Topliss-reactive ketones (excluding diaryl/α,β-unsaturated/α-hetero) is 1. The summed E-state index contributed by atoms with van der Waals surface area (Å²) in [7, 11) is 0. The first-order chi connectivity index (χ1) is 14.3. The van der Waals surface area contributed by atoms with Crippen molar-refractivity contribution >= 4 is 57.7 Å². The van der Waals surface area contributed by atoms with E-state index < -0.39 is 23.5 Å². The van der Waals surface area contributed by atoms with E-state index in [9.17, 15) is 19.1 Å². The van der Waals surface area contributed by atoms with Crippen molar-refractivity contribution in [1.29, 1.82) is 0 Å². The van der Waals surface area contributed by atoms with E-state index >= 15 is 0 Å². The lowest BCUT2D eigenvalue weighted by Gasteiger charge is -2.25. The van der Waals surface area contributed by atoms with E-state index in [1.807, 2.05) is 18.4 Å². The molecule has 4 rings (SSSR count). The van der Waals surface area contributed by atoms with Gasteiger partial charge in [-0.3, -0.25) is 14.5 Å². The zero-order valence-electron chi connectivity index (χ0n) is 15.5. The molecule has 3 aromatic rings. The van der Waals surface area contributed by atoms with Gasteiger partial charge in [0, 0.05) is 16.1 Å². The number of aryl methyl sites for hydroxylation is 1. The molecule has 1 amide bonds. The predicted octanol–water partition coefficient (Wildman–Crippen LogP) is 6.13. The van der Waals surface area contributed by atoms with Crippen molar-refractivity contribution in [1.82, 2.24) is 0 Å². The minimum Gasteiger partial charge on any atom is -0.507 e. The standard InChI is InChI=1S/C22H14Cl2FNO3S/c1-11-8-9-30-21(11)18-17(19(27)12-2-7-15(23)16(24)10-12)20(28)22(29)26(18)14-5-3-13(25)4-6-14/h2-10,18,27H,1H3/b19-17-. The van der Waals surface area contributed by atoms with Crippen molar-refractivity contribution in [3.8, 4) is 0 Å². The molecule has 0 saturated carbocycles. The summed E-state index contributed by atoms with van der Waals surface area (Å²) in [4.78, 5) is 28.0. The van der Waals surface area contributed by atoms with Gasteiger partial charge in [-0.2, -0.15) is 0 Å². The minimum atomic E-state index is -0.857. The van der Waals surface area contributed by atoms with Crippen LogP contribution in [-0.2, 0) is 9.59 Å². The molecule has 1 aromatic heterocycles. The van der Waals surface area contributed by atoms with Crippen molar-refractivity contribution in [3.05, 3.63) is 91.4 Å². The van der Waals surface area contributed by atoms with Gasteiger partial charge in [-0.25, -0.2) is 4.39 Å². The van der Waals surface area contributed by atoms with Crippen LogP contribution < -0.4 is 4.90 Å². The Bertz CT molecular complexity index is 1200. The van der Waals surface area contributed by atoms with Gasteiger partial charge in [0.15, 0.2) is 0 Å². The molecule has 30 heavy (non-hydrogen) atoms. The first-order valence-corrected chi connectivity index (χ1v) is 10.5. The highest BCUT2D eigenvalue weighted by Crippen LogP contribution is 2.45. The number of hydrogen-bond donors (Lipinski definition) is 1. The molecule has 8 heteroatoms. The van der Waals surface area contributed by atoms with Crippen LogP contribution >= 0.6 is 34.5 Å². The number of halogens is 3. The molecule has 0 radical (unpaired) electrons. The number of aliphatic hydroxyl groups is 1. The number of benzene rings is 2. The SMILES string of the molecule is Cc1ccsc1C1/C(=C(/O)c2ccc(Cl)c(Cl)c2)C(=O)C(=O)N1c1ccc(F)cc1. The van der Waals surface area contributed by atoms with E-state index in [-0.39, 0.29) is 21.9 Å². The van der Waals surface area contributed by atoms with Crippen LogP contribution in [0.15, 0.2) is 59.5 Å². The average molecular weight is 462 g/mol. The Hall–Kier alpha value is -2.67. The zero-order valence-corrected chi connectivity index (χ0v) is 17.9. The van der Waals surface area contributed by atoms with Crippen LogP contribution in [0.3, 0.4) is 0 Å². The predicted molar refractivity (Wildman–Crippen MR) is 117 cm³/mol. The largest absolute Gasteiger partial charge is 0.507 e. The zero-order chi connectivity index (χ0) is 21.6. The molecule has 152 valence electrons. The van der Waals surface area contributed by atoms with Crippen molar-refractivity contribution in [2.75, 3.05) is 4.90 Å². The highest BCUT2D eigenvalue weighted by atomic mass is 35.5. The van der Waals surface area contributed by atoms with Gasteiger partial charge in [0.25, 0.3) is 11.7 Å². The maximum absolute atomic E-state index is 13.4. The van der Waals surface area contributed by atoms with Crippen LogP contribution in [0.5, 0.6) is 0 Å². The molecule has 1 atom stereocenters. The Morgan fingerprint density at radius 3 is 2.37 bits per heavy atom. The van der Waals surface area contributed by atoms with Crippen LogP contribution in [0.25, 0.3) is 5.76 Å². The molecule has 1 fully saturated rings. The maximum Gasteiger partial charge on any atom is 0.300 e. The molecule has 1 unspecified atom stereocenters. The topological polar surface area (TPSA) is 57.6 Å². The smallest absolute Gasteiger partial charge is 0.300 e. The molecule has 2 heterocycles. The first-order valence-electron chi connectivity index (χ1n) is 8.85. The second-order valence-electron chi connectivity index (χ2n) is 6.74. The van der Waals surface area contributed by atoms with Gasteiger partial charge in [-0.05, 0) is 66.4 Å². The average Bonchev–Trinajstić information content (AvgIpc) is 3.25. The Kier molecular flexibility index (Phi) is 5.40. The lowest BCUT2D eigenvalue weighted by molar-refractivity contribution is -0.132. The number of carbonyl (C=O) groups excluding carboxylic acids is 2.